The van der Waals surface area contributed by atoms with Gasteiger partial charge in [0.25, 0.3) is 0 Å². The van der Waals surface area contributed by atoms with Gasteiger partial charge >= 0.3 is 5.97 Å². The van der Waals surface area contributed by atoms with Crippen LogP contribution in [0.15, 0.2) is 0 Å². The van der Waals surface area contributed by atoms with Crippen molar-refractivity contribution in [2.75, 3.05) is 45.8 Å². The van der Waals surface area contributed by atoms with Crippen LogP contribution in [0, 0.1) is 5.92 Å². The van der Waals surface area contributed by atoms with Crippen LogP contribution in [0.5, 0.6) is 0 Å². The average molecular weight is 352 g/mol. The normalized spacial score (nSPS) is 30.8. The van der Waals surface area contributed by atoms with Crippen molar-refractivity contribution >= 4 is 5.97 Å². The van der Waals surface area contributed by atoms with E-state index in [0.29, 0.717) is 18.4 Å². The van der Waals surface area contributed by atoms with Crippen molar-refractivity contribution in [2.24, 2.45) is 5.92 Å². The summed E-state index contributed by atoms with van der Waals surface area (Å²) in [4.78, 5) is 19.1. The van der Waals surface area contributed by atoms with Crippen LogP contribution >= 0.6 is 0 Å². The molecule has 25 heavy (non-hydrogen) atoms. The van der Waals surface area contributed by atoms with Gasteiger partial charge in [-0.25, -0.2) is 0 Å². The van der Waals surface area contributed by atoms with Crippen LogP contribution in [0.3, 0.4) is 0 Å². The third-order valence-electron chi connectivity index (χ3n) is 6.68. The molecule has 0 amide bonds. The lowest BCUT2D eigenvalue weighted by Gasteiger charge is -2.47. The van der Waals surface area contributed by atoms with E-state index in [2.05, 4.69) is 21.6 Å². The van der Waals surface area contributed by atoms with Crippen molar-refractivity contribution in [3.63, 3.8) is 0 Å². The minimum Gasteiger partial charge on any atom is -0.481 e. The predicted molar refractivity (Wildman–Crippen MR) is 101 cm³/mol. The molecule has 0 aromatic carbocycles. The molecule has 144 valence electrons. The Balaban J connectivity index is 1.55. The minimum atomic E-state index is -0.634. The van der Waals surface area contributed by atoms with Gasteiger partial charge in [0, 0.05) is 25.0 Å². The van der Waals surface area contributed by atoms with Gasteiger partial charge in [0.2, 0.25) is 0 Å². The molecule has 3 fully saturated rings. The summed E-state index contributed by atoms with van der Waals surface area (Å²) >= 11 is 0. The van der Waals surface area contributed by atoms with Gasteiger partial charge in [0.1, 0.15) is 0 Å². The number of carboxylic acids is 1. The fourth-order valence-electron chi connectivity index (χ4n) is 5.35. The lowest BCUT2D eigenvalue weighted by molar-refractivity contribution is -0.137. The van der Waals surface area contributed by atoms with Crippen molar-refractivity contribution in [1.82, 2.24) is 14.7 Å². The molecule has 0 radical (unpaired) electrons. The summed E-state index contributed by atoms with van der Waals surface area (Å²) in [6, 6.07) is 1.35. The molecule has 5 nitrogen and oxygen atoms in total. The van der Waals surface area contributed by atoms with Crippen LogP contribution < -0.4 is 0 Å². The number of hydrogen-bond acceptors (Lipinski definition) is 4. The quantitative estimate of drug-likeness (QED) is 0.764. The van der Waals surface area contributed by atoms with Gasteiger partial charge in [-0.2, -0.15) is 0 Å². The van der Waals surface area contributed by atoms with E-state index >= 15 is 0 Å². The lowest BCUT2D eigenvalue weighted by Crippen LogP contribution is -2.55. The second kappa shape index (κ2) is 9.33. The zero-order valence-electron chi connectivity index (χ0n) is 16.0. The first-order chi connectivity index (χ1) is 12.2. The van der Waals surface area contributed by atoms with Crippen molar-refractivity contribution in [3.8, 4) is 0 Å². The van der Waals surface area contributed by atoms with Gasteiger partial charge in [0.15, 0.2) is 0 Å². The Morgan fingerprint density at radius 3 is 2.36 bits per heavy atom. The van der Waals surface area contributed by atoms with E-state index in [1.54, 1.807) is 0 Å². The first-order valence-electron chi connectivity index (χ1n) is 10.6. The second-order valence-corrected chi connectivity index (χ2v) is 8.36. The topological polar surface area (TPSA) is 47.0 Å². The molecule has 0 aliphatic carbocycles. The third-order valence-corrected chi connectivity index (χ3v) is 6.68. The van der Waals surface area contributed by atoms with E-state index in [-0.39, 0.29) is 0 Å². The monoisotopic (exact) mass is 351 g/mol. The highest BCUT2D eigenvalue weighted by molar-refractivity contribution is 5.66. The minimum absolute atomic E-state index is 0.331. The Morgan fingerprint density at radius 1 is 1.00 bits per heavy atom. The summed E-state index contributed by atoms with van der Waals surface area (Å²) in [5, 5.41) is 9.16. The van der Waals surface area contributed by atoms with Gasteiger partial charge in [-0.05, 0) is 90.1 Å². The van der Waals surface area contributed by atoms with E-state index < -0.39 is 5.97 Å². The van der Waals surface area contributed by atoms with Crippen LogP contribution in [0.2, 0.25) is 0 Å². The third kappa shape index (κ3) is 5.18. The smallest absolute Gasteiger partial charge is 0.303 e. The van der Waals surface area contributed by atoms with Crippen LogP contribution in [-0.2, 0) is 4.79 Å². The van der Waals surface area contributed by atoms with Crippen molar-refractivity contribution < 1.29 is 9.90 Å². The molecular formula is C20H37N3O2. The number of aliphatic carboxylic acids is 1. The molecule has 0 aromatic rings. The van der Waals surface area contributed by atoms with E-state index in [0.717, 1.165) is 19.0 Å². The Morgan fingerprint density at radius 2 is 1.72 bits per heavy atom. The van der Waals surface area contributed by atoms with Gasteiger partial charge < -0.3 is 14.9 Å². The van der Waals surface area contributed by atoms with E-state index in [1.807, 2.05) is 0 Å². The van der Waals surface area contributed by atoms with E-state index in [1.165, 1.54) is 77.8 Å². The highest BCUT2D eigenvalue weighted by Crippen LogP contribution is 2.31. The largest absolute Gasteiger partial charge is 0.481 e. The molecule has 0 spiro atoms. The summed E-state index contributed by atoms with van der Waals surface area (Å²) < 4.78 is 0. The van der Waals surface area contributed by atoms with Crippen molar-refractivity contribution in [1.29, 1.82) is 0 Å². The molecule has 0 unspecified atom stereocenters. The maximum Gasteiger partial charge on any atom is 0.303 e. The molecule has 2 atom stereocenters. The molecule has 0 aromatic heterocycles. The zero-order valence-corrected chi connectivity index (χ0v) is 16.0. The molecule has 0 saturated carbocycles. The standard InChI is InChI=1S/C20H37N3O2/c1-2-10-21-13-7-18(8-14-21)23-15-9-19(22-11-3-4-12-22)17(16-23)5-6-20(24)25/h17-19H,2-16H2,1H3,(H,24,25)/t17-,19+/m1/s1. The molecule has 3 aliphatic rings. The molecule has 3 aliphatic heterocycles. The molecule has 3 heterocycles. The SMILES string of the molecule is CCCN1CCC(N2CC[C@H](N3CCCC3)[C@H](CCC(=O)O)C2)CC1. The number of hydrogen-bond donors (Lipinski definition) is 1. The highest BCUT2D eigenvalue weighted by atomic mass is 16.4. The Labute approximate surface area is 153 Å². The second-order valence-electron chi connectivity index (χ2n) is 8.36. The van der Waals surface area contributed by atoms with Crippen molar-refractivity contribution in [3.05, 3.63) is 0 Å². The van der Waals surface area contributed by atoms with Crippen LogP contribution in [0.1, 0.15) is 58.3 Å². The number of carboxylic acid groups (broad SMARTS) is 1. The molecule has 3 saturated heterocycles. The van der Waals surface area contributed by atoms with Gasteiger partial charge in [-0.15, -0.1) is 0 Å². The number of carbonyl (C=O) groups is 1. The number of likely N-dealkylation sites (tertiary alicyclic amines) is 3. The Bertz CT molecular complexity index is 417. The summed E-state index contributed by atoms with van der Waals surface area (Å²) in [6.45, 7) is 10.8. The molecule has 3 rings (SSSR count). The molecular weight excluding hydrogens is 314 g/mol. The first-order valence-corrected chi connectivity index (χ1v) is 10.6. The van der Waals surface area contributed by atoms with Crippen LogP contribution in [-0.4, -0.2) is 83.7 Å². The molecule has 0 bridgehead atoms. The zero-order chi connectivity index (χ0) is 17.6. The van der Waals surface area contributed by atoms with Gasteiger partial charge in [0.05, 0.1) is 0 Å². The molecule has 5 heteroatoms. The first kappa shape index (κ1) is 19.1. The Kier molecular flexibility index (Phi) is 7.14. The summed E-state index contributed by atoms with van der Waals surface area (Å²) in [5.41, 5.74) is 0. The van der Waals surface area contributed by atoms with Crippen LogP contribution in [0.25, 0.3) is 0 Å². The van der Waals surface area contributed by atoms with E-state index in [4.69, 9.17) is 5.11 Å². The maximum atomic E-state index is 11.1. The predicted octanol–water partition coefficient (Wildman–Crippen LogP) is 2.51. The fraction of sp³-hybridized carbons (Fsp3) is 0.950. The van der Waals surface area contributed by atoms with Crippen LogP contribution in [0.4, 0.5) is 0 Å². The average Bonchev–Trinajstić information content (AvgIpc) is 3.15. The van der Waals surface area contributed by atoms with Crippen molar-refractivity contribution in [2.45, 2.75) is 70.4 Å². The highest BCUT2D eigenvalue weighted by Gasteiger charge is 2.37. The van der Waals surface area contributed by atoms with Gasteiger partial charge in [-0.1, -0.05) is 6.92 Å². The Hall–Kier alpha value is -0.650. The number of piperidine rings is 2. The summed E-state index contributed by atoms with van der Waals surface area (Å²) in [6.07, 6.45) is 8.89. The summed E-state index contributed by atoms with van der Waals surface area (Å²) in [7, 11) is 0. The number of nitrogens with zero attached hydrogens (tertiary/aromatic N) is 3. The van der Waals surface area contributed by atoms with Gasteiger partial charge in [-0.3, -0.25) is 9.69 Å². The molecule has 1 N–H and O–H groups in total. The number of rotatable bonds is 7. The fourth-order valence-corrected chi connectivity index (χ4v) is 5.35. The summed E-state index contributed by atoms with van der Waals surface area (Å²) in [5.74, 6) is -0.0956. The lowest BCUT2D eigenvalue weighted by atomic mass is 9.85. The van der Waals surface area contributed by atoms with E-state index in [9.17, 15) is 4.79 Å². The maximum absolute atomic E-state index is 11.1.